The van der Waals surface area contributed by atoms with Gasteiger partial charge in [-0.3, -0.25) is 4.79 Å². The molecule has 3 rings (SSSR count). The molecule has 0 aliphatic rings. The molecular formula is C18H14F3NO3S. The number of carbonyl (C=O) groups excluding carboxylic acids is 1. The van der Waals surface area contributed by atoms with Crippen LogP contribution in [0.4, 0.5) is 13.2 Å². The van der Waals surface area contributed by atoms with Gasteiger partial charge in [-0.1, -0.05) is 0 Å². The van der Waals surface area contributed by atoms with Gasteiger partial charge in [0.05, 0.1) is 18.4 Å². The van der Waals surface area contributed by atoms with Gasteiger partial charge in [0.25, 0.3) is 5.91 Å². The Morgan fingerprint density at radius 1 is 1.15 bits per heavy atom. The van der Waals surface area contributed by atoms with Crippen molar-refractivity contribution in [3.05, 3.63) is 81.4 Å². The highest BCUT2D eigenvalue weighted by atomic mass is 32.1. The molecule has 4 nitrogen and oxygen atoms in total. The number of benzene rings is 1. The third-order valence-electron chi connectivity index (χ3n) is 3.66. The van der Waals surface area contributed by atoms with Gasteiger partial charge < -0.3 is 14.8 Å². The fourth-order valence-corrected chi connectivity index (χ4v) is 3.25. The molecule has 0 aliphatic carbocycles. The first-order chi connectivity index (χ1) is 12.3. The number of amides is 1. The third kappa shape index (κ3) is 4.14. The van der Waals surface area contributed by atoms with Crippen LogP contribution in [0.25, 0.3) is 0 Å². The number of rotatable bonds is 5. The largest absolute Gasteiger partial charge is 0.466 e. The summed E-state index contributed by atoms with van der Waals surface area (Å²) in [6.45, 7) is 0.204. The smallest absolute Gasteiger partial charge is 0.416 e. The maximum atomic E-state index is 12.5. The summed E-state index contributed by atoms with van der Waals surface area (Å²) in [5.41, 5.74) is -0.658. The van der Waals surface area contributed by atoms with Crippen LogP contribution in [0.2, 0.25) is 0 Å². The van der Waals surface area contributed by atoms with E-state index in [0.717, 1.165) is 29.1 Å². The van der Waals surface area contributed by atoms with Gasteiger partial charge in [-0.15, -0.1) is 11.3 Å². The van der Waals surface area contributed by atoms with Gasteiger partial charge in [0.1, 0.15) is 11.9 Å². The fraction of sp³-hybridized carbons (Fsp3) is 0.167. The maximum Gasteiger partial charge on any atom is 0.416 e. The van der Waals surface area contributed by atoms with Crippen molar-refractivity contribution >= 4 is 17.2 Å². The summed E-state index contributed by atoms with van der Waals surface area (Å²) in [6.07, 6.45) is -3.84. The molecule has 1 aromatic carbocycles. The minimum Gasteiger partial charge on any atom is -0.466 e. The van der Waals surface area contributed by atoms with Crippen molar-refractivity contribution in [3.8, 4) is 0 Å². The van der Waals surface area contributed by atoms with E-state index in [9.17, 15) is 23.1 Å². The predicted molar refractivity (Wildman–Crippen MR) is 89.7 cm³/mol. The van der Waals surface area contributed by atoms with Gasteiger partial charge in [0, 0.05) is 15.3 Å². The van der Waals surface area contributed by atoms with E-state index >= 15 is 0 Å². The van der Waals surface area contributed by atoms with Gasteiger partial charge in [0.15, 0.2) is 0 Å². The maximum absolute atomic E-state index is 12.5. The van der Waals surface area contributed by atoms with E-state index in [-0.39, 0.29) is 12.1 Å². The van der Waals surface area contributed by atoms with Crippen LogP contribution in [0.3, 0.4) is 0 Å². The number of aliphatic hydroxyl groups is 1. The minimum atomic E-state index is -4.43. The molecule has 1 atom stereocenters. The molecule has 8 heteroatoms. The van der Waals surface area contributed by atoms with Crippen LogP contribution in [0, 0.1) is 0 Å². The van der Waals surface area contributed by atoms with Gasteiger partial charge in [0.2, 0.25) is 0 Å². The summed E-state index contributed by atoms with van der Waals surface area (Å²) in [5.74, 6) is -0.0487. The van der Waals surface area contributed by atoms with Crippen LogP contribution >= 0.6 is 11.3 Å². The second-order valence-corrected chi connectivity index (χ2v) is 6.68. The summed E-state index contributed by atoms with van der Waals surface area (Å²) in [6, 6.07) is 10.9. The van der Waals surface area contributed by atoms with E-state index in [0.29, 0.717) is 10.6 Å². The average Bonchev–Trinajstić information content (AvgIpc) is 3.30. The van der Waals surface area contributed by atoms with Crippen LogP contribution in [-0.2, 0) is 12.7 Å². The van der Waals surface area contributed by atoms with Crippen LogP contribution in [-0.4, -0.2) is 11.0 Å². The molecule has 0 bridgehead atoms. The Bertz CT molecular complexity index is 870. The Labute approximate surface area is 150 Å². The molecule has 1 amide bonds. The van der Waals surface area contributed by atoms with Crippen molar-refractivity contribution in [1.82, 2.24) is 5.32 Å². The molecule has 0 radical (unpaired) electrons. The summed E-state index contributed by atoms with van der Waals surface area (Å²) >= 11 is 1.31. The lowest BCUT2D eigenvalue weighted by molar-refractivity contribution is -0.137. The van der Waals surface area contributed by atoms with E-state index in [4.69, 9.17) is 4.42 Å². The number of thiophene rings is 1. The number of nitrogens with one attached hydrogen (secondary N) is 1. The number of hydrogen-bond donors (Lipinski definition) is 2. The highest BCUT2D eigenvalue weighted by Crippen LogP contribution is 2.30. The molecule has 1 unspecified atom stereocenters. The predicted octanol–water partition coefficient (Wildman–Crippen LogP) is 4.37. The minimum absolute atomic E-state index is 0.144. The molecule has 0 saturated carbocycles. The van der Waals surface area contributed by atoms with Crippen molar-refractivity contribution in [2.24, 2.45) is 0 Å². The highest BCUT2D eigenvalue weighted by molar-refractivity contribution is 7.12. The van der Waals surface area contributed by atoms with E-state index in [1.807, 2.05) is 0 Å². The lowest BCUT2D eigenvalue weighted by Gasteiger charge is -2.08. The van der Waals surface area contributed by atoms with Gasteiger partial charge >= 0.3 is 6.18 Å². The second-order valence-electron chi connectivity index (χ2n) is 5.48. The molecule has 0 spiro atoms. The number of carbonyl (C=O) groups is 1. The summed E-state index contributed by atoms with van der Waals surface area (Å²) in [5, 5.41) is 12.8. The van der Waals surface area contributed by atoms with Crippen molar-refractivity contribution in [1.29, 1.82) is 0 Å². The van der Waals surface area contributed by atoms with E-state index < -0.39 is 23.8 Å². The molecular weight excluding hydrogens is 367 g/mol. The van der Waals surface area contributed by atoms with Crippen molar-refractivity contribution in [2.75, 3.05) is 0 Å². The molecule has 0 fully saturated rings. The summed E-state index contributed by atoms with van der Waals surface area (Å²) in [4.78, 5) is 13.5. The van der Waals surface area contributed by atoms with Gasteiger partial charge in [-0.2, -0.15) is 13.2 Å². The molecule has 3 aromatic rings. The quantitative estimate of drug-likeness (QED) is 0.690. The first-order valence-corrected chi connectivity index (χ1v) is 8.42. The molecule has 26 heavy (non-hydrogen) atoms. The Morgan fingerprint density at radius 3 is 2.50 bits per heavy atom. The first kappa shape index (κ1) is 18.2. The molecule has 2 N–H and O–H groups in total. The van der Waals surface area contributed by atoms with Crippen LogP contribution in [0.5, 0.6) is 0 Å². The Hall–Kier alpha value is -2.58. The van der Waals surface area contributed by atoms with E-state index in [1.54, 1.807) is 24.3 Å². The normalized spacial score (nSPS) is 12.8. The fourth-order valence-electron chi connectivity index (χ4n) is 2.30. The molecule has 0 aliphatic heterocycles. The van der Waals surface area contributed by atoms with Crippen molar-refractivity contribution < 1.29 is 27.5 Å². The van der Waals surface area contributed by atoms with Gasteiger partial charge in [-0.05, 0) is 48.5 Å². The van der Waals surface area contributed by atoms with Crippen molar-refractivity contribution in [2.45, 2.75) is 18.8 Å². The number of halogens is 3. The Morgan fingerprint density at radius 2 is 1.88 bits per heavy atom. The lowest BCUT2D eigenvalue weighted by Crippen LogP contribution is -2.22. The van der Waals surface area contributed by atoms with Crippen molar-refractivity contribution in [3.63, 3.8) is 0 Å². The van der Waals surface area contributed by atoms with Gasteiger partial charge in [-0.25, -0.2) is 0 Å². The zero-order chi connectivity index (χ0) is 18.7. The highest BCUT2D eigenvalue weighted by Gasteiger charge is 2.30. The van der Waals surface area contributed by atoms with E-state index in [2.05, 4.69) is 5.32 Å². The Kier molecular flexibility index (Phi) is 5.15. The average molecular weight is 381 g/mol. The summed E-state index contributed by atoms with van der Waals surface area (Å²) < 4.78 is 42.8. The number of hydrogen-bond acceptors (Lipinski definition) is 4. The van der Waals surface area contributed by atoms with Crippen LogP contribution in [0.15, 0.2) is 59.2 Å². The number of furan rings is 1. The standard InChI is InChI=1S/C18H14F3NO3S/c19-18(20,21)12-5-3-11(4-6-12)17(24)22-10-13-7-8-15(26-13)16(23)14-2-1-9-25-14/h1-9,16,23H,10H2,(H,22,24). The monoisotopic (exact) mass is 381 g/mol. The molecule has 2 heterocycles. The third-order valence-corrected chi connectivity index (χ3v) is 4.80. The lowest BCUT2D eigenvalue weighted by atomic mass is 10.1. The SMILES string of the molecule is O=C(NCc1ccc(C(O)c2ccco2)s1)c1ccc(C(F)(F)F)cc1. The topological polar surface area (TPSA) is 62.5 Å². The van der Waals surface area contributed by atoms with Crippen LogP contribution < -0.4 is 5.32 Å². The first-order valence-electron chi connectivity index (χ1n) is 7.60. The second kappa shape index (κ2) is 7.35. The number of aliphatic hydroxyl groups excluding tert-OH is 1. The summed E-state index contributed by atoms with van der Waals surface area (Å²) in [7, 11) is 0. The van der Waals surface area contributed by atoms with E-state index in [1.165, 1.54) is 17.6 Å². The van der Waals surface area contributed by atoms with Crippen LogP contribution in [0.1, 0.15) is 37.5 Å². The molecule has 2 aromatic heterocycles. The molecule has 0 saturated heterocycles. The zero-order valence-corrected chi connectivity index (χ0v) is 14.1. The Balaban J connectivity index is 1.60. The zero-order valence-electron chi connectivity index (χ0n) is 13.3. The number of alkyl halides is 3. The molecule has 136 valence electrons.